The lowest BCUT2D eigenvalue weighted by Crippen LogP contribution is -2.36. The van der Waals surface area contributed by atoms with Crippen molar-refractivity contribution in [2.24, 2.45) is 5.92 Å². The van der Waals surface area contributed by atoms with E-state index < -0.39 is 0 Å². The van der Waals surface area contributed by atoms with Gasteiger partial charge in [0.25, 0.3) is 0 Å². The zero-order valence-electron chi connectivity index (χ0n) is 9.49. The molecule has 0 aromatic rings. The van der Waals surface area contributed by atoms with E-state index in [0.717, 1.165) is 19.3 Å². The minimum absolute atomic E-state index is 0.0214. The van der Waals surface area contributed by atoms with E-state index in [9.17, 15) is 9.59 Å². The first kappa shape index (κ1) is 12.0. The molecule has 0 aliphatic heterocycles. The van der Waals surface area contributed by atoms with Crippen LogP contribution in [0.5, 0.6) is 0 Å². The SMILES string of the molecule is CCOC(=O)N(C)CC1CCCCC1=O. The third-order valence-electron chi connectivity index (χ3n) is 2.75. The molecular formula is C11H19NO3. The minimum Gasteiger partial charge on any atom is -0.450 e. The van der Waals surface area contributed by atoms with Crippen molar-refractivity contribution in [3.8, 4) is 0 Å². The molecule has 86 valence electrons. The monoisotopic (exact) mass is 213 g/mol. The van der Waals surface area contributed by atoms with E-state index in [0.29, 0.717) is 19.6 Å². The standard InChI is InChI=1S/C11H19NO3/c1-3-15-11(14)12(2)8-9-6-4-5-7-10(9)13/h9H,3-8H2,1-2H3. The Hall–Kier alpha value is -1.06. The number of rotatable bonds is 3. The number of nitrogens with zero attached hydrogens (tertiary/aromatic N) is 1. The summed E-state index contributed by atoms with van der Waals surface area (Å²) in [7, 11) is 1.68. The molecule has 1 saturated carbocycles. The van der Waals surface area contributed by atoms with Gasteiger partial charge < -0.3 is 9.64 Å². The van der Waals surface area contributed by atoms with E-state index in [4.69, 9.17) is 4.74 Å². The molecule has 0 bridgehead atoms. The number of carbonyl (C=O) groups excluding carboxylic acids is 2. The highest BCUT2D eigenvalue weighted by Gasteiger charge is 2.25. The lowest BCUT2D eigenvalue weighted by molar-refractivity contribution is -0.124. The summed E-state index contributed by atoms with van der Waals surface area (Å²) in [6, 6.07) is 0. The summed E-state index contributed by atoms with van der Waals surface area (Å²) in [6.07, 6.45) is 3.32. The van der Waals surface area contributed by atoms with Crippen molar-refractivity contribution in [2.75, 3.05) is 20.2 Å². The second-order valence-electron chi connectivity index (χ2n) is 3.99. The Kier molecular flexibility index (Phi) is 4.59. The fourth-order valence-corrected chi connectivity index (χ4v) is 1.89. The van der Waals surface area contributed by atoms with Crippen LogP contribution in [0.2, 0.25) is 0 Å². The van der Waals surface area contributed by atoms with E-state index in [1.807, 2.05) is 0 Å². The molecule has 4 nitrogen and oxygen atoms in total. The molecule has 0 aromatic heterocycles. The Morgan fingerprint density at radius 2 is 2.27 bits per heavy atom. The maximum atomic E-state index is 11.5. The number of Topliss-reactive ketones (excluding diaryl/α,β-unsaturated/α-hetero) is 1. The van der Waals surface area contributed by atoms with Crippen molar-refractivity contribution < 1.29 is 14.3 Å². The van der Waals surface area contributed by atoms with Crippen LogP contribution < -0.4 is 0 Å². The van der Waals surface area contributed by atoms with E-state index in [2.05, 4.69) is 0 Å². The number of carbonyl (C=O) groups is 2. The van der Waals surface area contributed by atoms with Gasteiger partial charge in [0, 0.05) is 25.9 Å². The number of ether oxygens (including phenoxy) is 1. The van der Waals surface area contributed by atoms with Gasteiger partial charge in [-0.25, -0.2) is 4.79 Å². The zero-order chi connectivity index (χ0) is 11.3. The van der Waals surface area contributed by atoms with Crippen LogP contribution in [-0.4, -0.2) is 37.0 Å². The Bertz CT molecular complexity index is 240. The number of ketones is 1. The molecule has 1 amide bonds. The van der Waals surface area contributed by atoms with Gasteiger partial charge in [-0.2, -0.15) is 0 Å². The molecule has 0 heterocycles. The fourth-order valence-electron chi connectivity index (χ4n) is 1.89. The first-order valence-corrected chi connectivity index (χ1v) is 5.55. The summed E-state index contributed by atoms with van der Waals surface area (Å²) < 4.78 is 4.86. The largest absolute Gasteiger partial charge is 0.450 e. The average molecular weight is 213 g/mol. The first-order valence-electron chi connectivity index (χ1n) is 5.55. The highest BCUT2D eigenvalue weighted by atomic mass is 16.5. The Morgan fingerprint density at radius 3 is 2.87 bits per heavy atom. The zero-order valence-corrected chi connectivity index (χ0v) is 9.49. The van der Waals surface area contributed by atoms with Gasteiger partial charge in [-0.3, -0.25) is 4.79 Å². The number of hydrogen-bond acceptors (Lipinski definition) is 3. The summed E-state index contributed by atoms with van der Waals surface area (Å²) in [5, 5.41) is 0. The summed E-state index contributed by atoms with van der Waals surface area (Å²) in [5.74, 6) is 0.311. The second-order valence-corrected chi connectivity index (χ2v) is 3.99. The summed E-state index contributed by atoms with van der Waals surface area (Å²) >= 11 is 0. The van der Waals surface area contributed by atoms with Gasteiger partial charge in [-0.15, -0.1) is 0 Å². The van der Waals surface area contributed by atoms with E-state index in [-0.39, 0.29) is 17.8 Å². The van der Waals surface area contributed by atoms with Gasteiger partial charge in [-0.1, -0.05) is 6.42 Å². The molecule has 0 aromatic carbocycles. The van der Waals surface area contributed by atoms with Gasteiger partial charge in [0.15, 0.2) is 0 Å². The molecule has 1 unspecified atom stereocenters. The Morgan fingerprint density at radius 1 is 1.53 bits per heavy atom. The predicted octanol–water partition coefficient (Wildman–Crippen LogP) is 1.83. The van der Waals surface area contributed by atoms with Crippen LogP contribution in [0.1, 0.15) is 32.6 Å². The van der Waals surface area contributed by atoms with Crippen LogP contribution in [0, 0.1) is 5.92 Å². The molecule has 1 atom stereocenters. The molecule has 1 fully saturated rings. The highest BCUT2D eigenvalue weighted by molar-refractivity contribution is 5.82. The maximum Gasteiger partial charge on any atom is 0.409 e. The molecule has 4 heteroatoms. The first-order chi connectivity index (χ1) is 7.15. The minimum atomic E-state index is -0.337. The van der Waals surface area contributed by atoms with Crippen molar-refractivity contribution in [3.63, 3.8) is 0 Å². The average Bonchev–Trinajstić information content (AvgIpc) is 2.21. The lowest BCUT2D eigenvalue weighted by Gasteiger charge is -2.25. The van der Waals surface area contributed by atoms with Crippen LogP contribution in [-0.2, 0) is 9.53 Å². The molecule has 0 saturated heterocycles. The molecule has 0 radical (unpaired) electrons. The van der Waals surface area contributed by atoms with Gasteiger partial charge in [-0.05, 0) is 19.8 Å². The van der Waals surface area contributed by atoms with Crippen LogP contribution in [0.15, 0.2) is 0 Å². The molecule has 15 heavy (non-hydrogen) atoms. The molecule has 0 spiro atoms. The number of amides is 1. The van der Waals surface area contributed by atoms with Gasteiger partial charge in [0.2, 0.25) is 0 Å². The van der Waals surface area contributed by atoms with Crippen molar-refractivity contribution >= 4 is 11.9 Å². The van der Waals surface area contributed by atoms with Crippen LogP contribution in [0.3, 0.4) is 0 Å². The summed E-state index contributed by atoms with van der Waals surface area (Å²) in [4.78, 5) is 24.3. The van der Waals surface area contributed by atoms with Gasteiger partial charge in [0.1, 0.15) is 5.78 Å². The normalized spacial score (nSPS) is 21.2. The van der Waals surface area contributed by atoms with Crippen molar-refractivity contribution in [1.82, 2.24) is 4.90 Å². The van der Waals surface area contributed by atoms with E-state index in [1.165, 1.54) is 4.90 Å². The topological polar surface area (TPSA) is 46.6 Å². The third-order valence-corrected chi connectivity index (χ3v) is 2.75. The smallest absolute Gasteiger partial charge is 0.409 e. The molecule has 1 rings (SSSR count). The third kappa shape index (κ3) is 3.53. The van der Waals surface area contributed by atoms with Crippen molar-refractivity contribution in [3.05, 3.63) is 0 Å². The van der Waals surface area contributed by atoms with Gasteiger partial charge >= 0.3 is 6.09 Å². The highest BCUT2D eigenvalue weighted by Crippen LogP contribution is 2.21. The molecule has 1 aliphatic rings. The fraction of sp³-hybridized carbons (Fsp3) is 0.818. The summed E-state index contributed by atoms with van der Waals surface area (Å²) in [6.45, 7) is 2.65. The number of hydrogen-bond donors (Lipinski definition) is 0. The molecular weight excluding hydrogens is 194 g/mol. The van der Waals surface area contributed by atoms with Crippen LogP contribution >= 0.6 is 0 Å². The van der Waals surface area contributed by atoms with Crippen molar-refractivity contribution in [2.45, 2.75) is 32.6 Å². The summed E-state index contributed by atoms with van der Waals surface area (Å²) in [5.41, 5.74) is 0. The molecule has 1 aliphatic carbocycles. The lowest BCUT2D eigenvalue weighted by atomic mass is 9.88. The quantitative estimate of drug-likeness (QED) is 0.718. The van der Waals surface area contributed by atoms with E-state index >= 15 is 0 Å². The predicted molar refractivity (Wildman–Crippen MR) is 56.6 cm³/mol. The van der Waals surface area contributed by atoms with Gasteiger partial charge in [0.05, 0.1) is 6.61 Å². The molecule has 0 N–H and O–H groups in total. The Balaban J connectivity index is 2.38. The van der Waals surface area contributed by atoms with Crippen molar-refractivity contribution in [1.29, 1.82) is 0 Å². The van der Waals surface area contributed by atoms with Crippen LogP contribution in [0.4, 0.5) is 4.79 Å². The van der Waals surface area contributed by atoms with E-state index in [1.54, 1.807) is 14.0 Å². The maximum absolute atomic E-state index is 11.5. The second kappa shape index (κ2) is 5.73. The van der Waals surface area contributed by atoms with Crippen LogP contribution in [0.25, 0.3) is 0 Å². The Labute approximate surface area is 90.6 Å².